The van der Waals surface area contributed by atoms with Gasteiger partial charge in [0, 0.05) is 25.6 Å². The second kappa shape index (κ2) is 7.75. The van der Waals surface area contributed by atoms with Gasteiger partial charge in [-0.3, -0.25) is 4.79 Å². The van der Waals surface area contributed by atoms with Gasteiger partial charge >= 0.3 is 12.0 Å². The SMILES string of the molecule is COCCN(CC(=O)O)C(=O)N(C)Cc1cccs1. The molecule has 0 saturated heterocycles. The molecule has 0 aliphatic carbocycles. The molecule has 0 atom stereocenters. The van der Waals surface area contributed by atoms with Gasteiger partial charge in [0.2, 0.25) is 0 Å². The molecule has 0 unspecified atom stereocenters. The second-order valence-electron chi connectivity index (χ2n) is 4.03. The van der Waals surface area contributed by atoms with E-state index in [4.69, 9.17) is 9.84 Å². The first-order chi connectivity index (χ1) is 9.04. The summed E-state index contributed by atoms with van der Waals surface area (Å²) in [7, 11) is 3.17. The molecule has 2 amide bonds. The van der Waals surface area contributed by atoms with Crippen LogP contribution in [0.15, 0.2) is 17.5 Å². The molecule has 0 radical (unpaired) electrons. The molecule has 1 aromatic rings. The Morgan fingerprint density at radius 3 is 2.74 bits per heavy atom. The number of thiophene rings is 1. The largest absolute Gasteiger partial charge is 0.480 e. The molecule has 7 heteroatoms. The average Bonchev–Trinajstić information content (AvgIpc) is 2.85. The van der Waals surface area contributed by atoms with E-state index in [-0.39, 0.29) is 19.1 Å². The van der Waals surface area contributed by atoms with Gasteiger partial charge in [0.25, 0.3) is 0 Å². The van der Waals surface area contributed by atoms with Crippen LogP contribution in [0.2, 0.25) is 0 Å². The summed E-state index contributed by atoms with van der Waals surface area (Å²) in [4.78, 5) is 26.7. The third-order valence-electron chi connectivity index (χ3n) is 2.46. The van der Waals surface area contributed by atoms with Crippen LogP contribution in [0.4, 0.5) is 4.79 Å². The van der Waals surface area contributed by atoms with Gasteiger partial charge in [-0.15, -0.1) is 11.3 Å². The maximum Gasteiger partial charge on any atom is 0.323 e. The van der Waals surface area contributed by atoms with E-state index in [1.54, 1.807) is 18.4 Å². The maximum atomic E-state index is 12.1. The highest BCUT2D eigenvalue weighted by atomic mass is 32.1. The molecule has 0 bridgehead atoms. The highest BCUT2D eigenvalue weighted by Crippen LogP contribution is 2.12. The number of carboxylic acids is 1. The number of carbonyl (C=O) groups excluding carboxylic acids is 1. The first kappa shape index (κ1) is 15.5. The lowest BCUT2D eigenvalue weighted by Crippen LogP contribution is -2.44. The first-order valence-electron chi connectivity index (χ1n) is 5.77. The number of methoxy groups -OCH3 is 1. The van der Waals surface area contributed by atoms with E-state index in [1.165, 1.54) is 16.9 Å². The van der Waals surface area contributed by atoms with Crippen LogP contribution >= 0.6 is 11.3 Å². The number of nitrogens with zero attached hydrogens (tertiary/aromatic N) is 2. The summed E-state index contributed by atoms with van der Waals surface area (Å²) in [5, 5.41) is 10.8. The van der Waals surface area contributed by atoms with Crippen molar-refractivity contribution in [1.82, 2.24) is 9.80 Å². The fourth-order valence-electron chi connectivity index (χ4n) is 1.55. The smallest absolute Gasteiger partial charge is 0.323 e. The Morgan fingerprint density at radius 1 is 1.47 bits per heavy atom. The predicted octanol–water partition coefficient (Wildman–Crippen LogP) is 1.33. The summed E-state index contributed by atoms with van der Waals surface area (Å²) < 4.78 is 4.89. The standard InChI is InChI=1S/C12H18N2O4S/c1-13(8-10-4-3-7-19-10)12(17)14(5-6-18-2)9-11(15)16/h3-4,7H,5-6,8-9H2,1-2H3,(H,15,16). The van der Waals surface area contributed by atoms with Crippen molar-refractivity contribution in [3.63, 3.8) is 0 Å². The molecule has 19 heavy (non-hydrogen) atoms. The van der Waals surface area contributed by atoms with Crippen LogP contribution in [-0.2, 0) is 16.1 Å². The van der Waals surface area contributed by atoms with Crippen molar-refractivity contribution in [3.8, 4) is 0 Å². The molecule has 1 rings (SSSR count). The number of amides is 2. The third-order valence-corrected chi connectivity index (χ3v) is 3.32. The summed E-state index contributed by atoms with van der Waals surface area (Å²) >= 11 is 1.56. The van der Waals surface area contributed by atoms with Crippen molar-refractivity contribution in [2.45, 2.75) is 6.54 Å². The molecule has 0 aliphatic rings. The lowest BCUT2D eigenvalue weighted by molar-refractivity contribution is -0.137. The Bertz CT molecular complexity index is 408. The zero-order chi connectivity index (χ0) is 14.3. The number of rotatable bonds is 7. The van der Waals surface area contributed by atoms with E-state index >= 15 is 0 Å². The van der Waals surface area contributed by atoms with E-state index in [0.717, 1.165) is 4.88 Å². The molecule has 0 aromatic carbocycles. The zero-order valence-corrected chi connectivity index (χ0v) is 11.9. The van der Waals surface area contributed by atoms with E-state index in [1.807, 2.05) is 17.5 Å². The van der Waals surface area contributed by atoms with Crippen molar-refractivity contribution in [3.05, 3.63) is 22.4 Å². The Hall–Kier alpha value is -1.60. The number of carbonyl (C=O) groups is 2. The van der Waals surface area contributed by atoms with Crippen LogP contribution in [0, 0.1) is 0 Å². The lowest BCUT2D eigenvalue weighted by Gasteiger charge is -2.26. The minimum Gasteiger partial charge on any atom is -0.480 e. The number of carboxylic acid groups (broad SMARTS) is 1. The van der Waals surface area contributed by atoms with Crippen molar-refractivity contribution in [2.24, 2.45) is 0 Å². The summed E-state index contributed by atoms with van der Waals surface area (Å²) in [6, 6.07) is 3.54. The van der Waals surface area contributed by atoms with Gasteiger partial charge in [-0.05, 0) is 11.4 Å². The van der Waals surface area contributed by atoms with Gasteiger partial charge in [0.15, 0.2) is 0 Å². The minimum absolute atomic E-state index is 0.260. The topological polar surface area (TPSA) is 70.1 Å². The van der Waals surface area contributed by atoms with Crippen LogP contribution in [0.5, 0.6) is 0 Å². The molecule has 0 spiro atoms. The molecule has 6 nitrogen and oxygen atoms in total. The summed E-state index contributed by atoms with van der Waals surface area (Å²) in [5.74, 6) is -1.03. The first-order valence-corrected chi connectivity index (χ1v) is 6.65. The van der Waals surface area contributed by atoms with Gasteiger partial charge in [-0.2, -0.15) is 0 Å². The van der Waals surface area contributed by atoms with Crippen LogP contribution in [-0.4, -0.2) is 60.8 Å². The summed E-state index contributed by atoms with van der Waals surface area (Å²) in [6.45, 7) is 0.721. The maximum absolute atomic E-state index is 12.1. The lowest BCUT2D eigenvalue weighted by atomic mass is 10.4. The monoisotopic (exact) mass is 286 g/mol. The number of hydrogen-bond donors (Lipinski definition) is 1. The molecule has 0 saturated carbocycles. The van der Waals surface area contributed by atoms with Crippen LogP contribution in [0.25, 0.3) is 0 Å². The quantitative estimate of drug-likeness (QED) is 0.821. The van der Waals surface area contributed by atoms with E-state index in [2.05, 4.69) is 0 Å². The van der Waals surface area contributed by atoms with Gasteiger partial charge in [-0.25, -0.2) is 4.79 Å². The summed E-state index contributed by atoms with van der Waals surface area (Å²) in [5.41, 5.74) is 0. The van der Waals surface area contributed by atoms with Crippen LogP contribution in [0.3, 0.4) is 0 Å². The van der Waals surface area contributed by atoms with Crippen LogP contribution < -0.4 is 0 Å². The van der Waals surface area contributed by atoms with E-state index in [0.29, 0.717) is 13.2 Å². The number of aliphatic carboxylic acids is 1. The molecular weight excluding hydrogens is 268 g/mol. The summed E-state index contributed by atoms with van der Waals surface area (Å²) in [6.07, 6.45) is 0. The Balaban J connectivity index is 2.60. The highest BCUT2D eigenvalue weighted by molar-refractivity contribution is 7.09. The molecule has 1 aromatic heterocycles. The van der Waals surface area contributed by atoms with Gasteiger partial charge in [-0.1, -0.05) is 6.07 Å². The highest BCUT2D eigenvalue weighted by Gasteiger charge is 2.20. The van der Waals surface area contributed by atoms with Gasteiger partial charge in [0.05, 0.1) is 13.2 Å². The van der Waals surface area contributed by atoms with Crippen molar-refractivity contribution in [1.29, 1.82) is 0 Å². The molecule has 1 N–H and O–H groups in total. The third kappa shape index (κ3) is 5.27. The van der Waals surface area contributed by atoms with Crippen molar-refractivity contribution < 1.29 is 19.4 Å². The fraction of sp³-hybridized carbons (Fsp3) is 0.500. The van der Waals surface area contributed by atoms with E-state index in [9.17, 15) is 9.59 Å². The predicted molar refractivity (Wildman–Crippen MR) is 72.3 cm³/mol. The van der Waals surface area contributed by atoms with Gasteiger partial charge in [0.1, 0.15) is 6.54 Å². The molecule has 0 fully saturated rings. The normalized spacial score (nSPS) is 10.2. The Kier molecular flexibility index (Phi) is 6.31. The number of hydrogen-bond acceptors (Lipinski definition) is 4. The Morgan fingerprint density at radius 2 is 2.21 bits per heavy atom. The molecule has 0 aliphatic heterocycles. The minimum atomic E-state index is -1.03. The van der Waals surface area contributed by atoms with Crippen molar-refractivity contribution in [2.75, 3.05) is 33.9 Å². The van der Waals surface area contributed by atoms with E-state index < -0.39 is 5.97 Å². The average molecular weight is 286 g/mol. The van der Waals surface area contributed by atoms with Crippen LogP contribution in [0.1, 0.15) is 4.88 Å². The molecule has 106 valence electrons. The fourth-order valence-corrected chi connectivity index (χ4v) is 2.31. The van der Waals surface area contributed by atoms with Crippen molar-refractivity contribution >= 4 is 23.3 Å². The van der Waals surface area contributed by atoms with Gasteiger partial charge < -0.3 is 19.6 Å². The number of urea groups is 1. The zero-order valence-electron chi connectivity index (χ0n) is 11.0. The number of ether oxygens (including phenoxy) is 1. The second-order valence-corrected chi connectivity index (χ2v) is 5.06. The molecule has 1 heterocycles. The molecular formula is C12H18N2O4S. The Labute approximate surface area is 116 Å².